The lowest BCUT2D eigenvalue weighted by Crippen LogP contribution is -2.32. The normalized spacial score (nSPS) is 14.3. The molecule has 3 heteroatoms. The van der Waals surface area contributed by atoms with Crippen LogP contribution in [0.5, 0.6) is 0 Å². The molecule has 0 saturated carbocycles. The van der Waals surface area contributed by atoms with E-state index in [1.165, 1.54) is 0 Å². The molecule has 0 amide bonds. The molecule has 0 heterocycles. The van der Waals surface area contributed by atoms with Crippen LogP contribution >= 0.6 is 0 Å². The highest BCUT2D eigenvalue weighted by Crippen LogP contribution is 2.28. The quantitative estimate of drug-likeness (QED) is 0.382. The first-order valence-corrected chi connectivity index (χ1v) is 9.48. The van der Waals surface area contributed by atoms with Crippen LogP contribution in [0, 0.1) is 11.8 Å². The molecule has 0 aromatic heterocycles. The minimum atomic E-state index is -0.199. The van der Waals surface area contributed by atoms with E-state index in [4.69, 9.17) is 9.47 Å². The molecule has 0 spiro atoms. The molecule has 0 fully saturated rings. The summed E-state index contributed by atoms with van der Waals surface area (Å²) >= 11 is 0. The standard InChI is InChI=1S/C24H30O3/c1-19(2)24(20(3)16-26-17-21-10-6-4-7-11-21)23(14-15-25)27-18-22-12-8-5-9-13-22/h4-13,15,20,23-24H,1,14,16-18H2,2-3H3/t20-,23-,24+/m1/s1. The van der Waals surface area contributed by atoms with Gasteiger partial charge in [-0.3, -0.25) is 0 Å². The molecule has 2 aromatic carbocycles. The Morgan fingerprint density at radius 3 is 2.07 bits per heavy atom. The van der Waals surface area contributed by atoms with Gasteiger partial charge in [0.05, 0.1) is 25.9 Å². The highest BCUT2D eigenvalue weighted by molar-refractivity contribution is 5.50. The number of aldehydes is 1. The average molecular weight is 367 g/mol. The fourth-order valence-corrected chi connectivity index (χ4v) is 3.40. The highest BCUT2D eigenvalue weighted by atomic mass is 16.5. The molecule has 0 N–H and O–H groups in total. The summed E-state index contributed by atoms with van der Waals surface area (Å²) < 4.78 is 12.0. The van der Waals surface area contributed by atoms with Crippen LogP contribution in [0.25, 0.3) is 0 Å². The number of carbonyl (C=O) groups is 1. The van der Waals surface area contributed by atoms with Crippen LogP contribution in [0.1, 0.15) is 31.4 Å². The molecule has 144 valence electrons. The van der Waals surface area contributed by atoms with E-state index in [1.54, 1.807) is 0 Å². The molecular weight excluding hydrogens is 336 g/mol. The van der Waals surface area contributed by atoms with Crippen molar-refractivity contribution in [2.45, 2.75) is 39.6 Å². The van der Waals surface area contributed by atoms with Gasteiger partial charge in [-0.1, -0.05) is 79.7 Å². The highest BCUT2D eigenvalue weighted by Gasteiger charge is 2.28. The fourth-order valence-electron chi connectivity index (χ4n) is 3.40. The van der Waals surface area contributed by atoms with E-state index in [-0.39, 0.29) is 17.9 Å². The van der Waals surface area contributed by atoms with Crippen molar-refractivity contribution in [2.24, 2.45) is 11.8 Å². The molecule has 2 aromatic rings. The molecule has 0 bridgehead atoms. The van der Waals surface area contributed by atoms with E-state index in [2.05, 4.69) is 25.6 Å². The van der Waals surface area contributed by atoms with Crippen molar-refractivity contribution in [3.05, 3.63) is 83.9 Å². The van der Waals surface area contributed by atoms with Crippen LogP contribution in [0.2, 0.25) is 0 Å². The zero-order chi connectivity index (χ0) is 19.5. The van der Waals surface area contributed by atoms with Crippen LogP contribution < -0.4 is 0 Å². The summed E-state index contributed by atoms with van der Waals surface area (Å²) in [6, 6.07) is 20.1. The Morgan fingerprint density at radius 1 is 1.00 bits per heavy atom. The first kappa shape index (κ1) is 21.1. The number of hydrogen-bond donors (Lipinski definition) is 0. The van der Waals surface area contributed by atoms with Crippen molar-refractivity contribution in [3.8, 4) is 0 Å². The zero-order valence-corrected chi connectivity index (χ0v) is 16.3. The molecular formula is C24H30O3. The van der Waals surface area contributed by atoms with Gasteiger partial charge >= 0.3 is 0 Å². The van der Waals surface area contributed by atoms with Gasteiger partial charge < -0.3 is 14.3 Å². The monoisotopic (exact) mass is 366 g/mol. The van der Waals surface area contributed by atoms with E-state index in [9.17, 15) is 4.79 Å². The van der Waals surface area contributed by atoms with Gasteiger partial charge in [0.25, 0.3) is 0 Å². The van der Waals surface area contributed by atoms with Crippen molar-refractivity contribution in [1.82, 2.24) is 0 Å². The van der Waals surface area contributed by atoms with Gasteiger partial charge in [0.15, 0.2) is 0 Å². The van der Waals surface area contributed by atoms with E-state index >= 15 is 0 Å². The largest absolute Gasteiger partial charge is 0.376 e. The van der Waals surface area contributed by atoms with Crippen LogP contribution in [0.15, 0.2) is 72.8 Å². The Balaban J connectivity index is 1.95. The van der Waals surface area contributed by atoms with Crippen molar-refractivity contribution in [1.29, 1.82) is 0 Å². The molecule has 0 radical (unpaired) electrons. The number of rotatable bonds is 12. The molecule has 0 aliphatic heterocycles. The van der Waals surface area contributed by atoms with Crippen LogP contribution in [0.4, 0.5) is 0 Å². The van der Waals surface area contributed by atoms with Gasteiger partial charge in [-0.25, -0.2) is 0 Å². The lowest BCUT2D eigenvalue weighted by molar-refractivity contribution is -0.112. The topological polar surface area (TPSA) is 35.5 Å². The minimum Gasteiger partial charge on any atom is -0.376 e. The third-order valence-electron chi connectivity index (χ3n) is 4.71. The second-order valence-electron chi connectivity index (χ2n) is 7.09. The maximum atomic E-state index is 11.2. The van der Waals surface area contributed by atoms with Gasteiger partial charge in [0.2, 0.25) is 0 Å². The Kier molecular flexibility index (Phi) is 8.96. The average Bonchev–Trinajstić information content (AvgIpc) is 2.67. The maximum Gasteiger partial charge on any atom is 0.122 e. The molecule has 27 heavy (non-hydrogen) atoms. The first-order valence-electron chi connectivity index (χ1n) is 9.48. The smallest absolute Gasteiger partial charge is 0.122 e. The third-order valence-corrected chi connectivity index (χ3v) is 4.71. The minimum absolute atomic E-state index is 0.0645. The molecule has 3 nitrogen and oxygen atoms in total. The first-order chi connectivity index (χ1) is 13.1. The molecule has 2 rings (SSSR count). The third kappa shape index (κ3) is 7.12. The van der Waals surface area contributed by atoms with Crippen molar-refractivity contribution in [2.75, 3.05) is 6.61 Å². The summed E-state index contributed by atoms with van der Waals surface area (Å²) in [6.07, 6.45) is 1.09. The second-order valence-corrected chi connectivity index (χ2v) is 7.09. The van der Waals surface area contributed by atoms with Gasteiger partial charge in [-0.2, -0.15) is 0 Å². The van der Waals surface area contributed by atoms with E-state index in [0.717, 1.165) is 23.0 Å². The number of benzene rings is 2. The molecule has 3 atom stereocenters. The molecule has 0 aliphatic rings. The Bertz CT molecular complexity index is 681. The second kappa shape index (κ2) is 11.5. The molecule has 0 unspecified atom stereocenters. The van der Waals surface area contributed by atoms with Crippen molar-refractivity contribution >= 4 is 6.29 Å². The SMILES string of the molecule is C=C(C)[C@@H]([C@H](C)COCc1ccccc1)[C@@H](CC=O)OCc1ccccc1. The van der Waals surface area contributed by atoms with Crippen LogP contribution in [-0.2, 0) is 27.5 Å². The van der Waals surface area contributed by atoms with Gasteiger partial charge in [-0.15, -0.1) is 0 Å². The summed E-state index contributed by atoms with van der Waals surface area (Å²) in [5.41, 5.74) is 3.27. The fraction of sp³-hybridized carbons (Fsp3) is 0.375. The van der Waals surface area contributed by atoms with Gasteiger partial charge in [-0.05, 0) is 24.0 Å². The Labute approximate surface area is 163 Å². The predicted molar refractivity (Wildman–Crippen MR) is 109 cm³/mol. The van der Waals surface area contributed by atoms with Crippen molar-refractivity contribution in [3.63, 3.8) is 0 Å². The number of ether oxygens (including phenoxy) is 2. The van der Waals surface area contributed by atoms with Crippen molar-refractivity contribution < 1.29 is 14.3 Å². The Morgan fingerprint density at radius 2 is 1.56 bits per heavy atom. The predicted octanol–water partition coefficient (Wildman–Crippen LogP) is 5.21. The Hall–Kier alpha value is -2.23. The molecule has 0 aliphatic carbocycles. The summed E-state index contributed by atoms with van der Waals surface area (Å²) in [5, 5.41) is 0. The molecule has 0 saturated heterocycles. The summed E-state index contributed by atoms with van der Waals surface area (Å²) in [5.74, 6) is 0.265. The summed E-state index contributed by atoms with van der Waals surface area (Å²) in [4.78, 5) is 11.2. The zero-order valence-electron chi connectivity index (χ0n) is 16.3. The van der Waals surface area contributed by atoms with E-state index in [0.29, 0.717) is 26.2 Å². The van der Waals surface area contributed by atoms with Gasteiger partial charge in [0, 0.05) is 12.3 Å². The summed E-state index contributed by atoms with van der Waals surface area (Å²) in [7, 11) is 0. The van der Waals surface area contributed by atoms with E-state index < -0.39 is 0 Å². The van der Waals surface area contributed by atoms with Gasteiger partial charge in [0.1, 0.15) is 6.29 Å². The number of hydrogen-bond acceptors (Lipinski definition) is 3. The van der Waals surface area contributed by atoms with Crippen LogP contribution in [-0.4, -0.2) is 19.0 Å². The lowest BCUT2D eigenvalue weighted by atomic mass is 9.83. The lowest BCUT2D eigenvalue weighted by Gasteiger charge is -2.31. The number of carbonyl (C=O) groups excluding carboxylic acids is 1. The maximum absolute atomic E-state index is 11.2. The van der Waals surface area contributed by atoms with E-state index in [1.807, 2.05) is 55.5 Å². The summed E-state index contributed by atoms with van der Waals surface area (Å²) in [6.45, 7) is 9.95. The van der Waals surface area contributed by atoms with Crippen LogP contribution in [0.3, 0.4) is 0 Å².